The van der Waals surface area contributed by atoms with E-state index in [1.807, 2.05) is 20.0 Å². The molecule has 0 amide bonds. The minimum atomic E-state index is 1.12. The summed E-state index contributed by atoms with van der Waals surface area (Å²) in [6.45, 7) is 7.25. The van der Waals surface area contributed by atoms with Crippen molar-refractivity contribution in [1.29, 1.82) is 0 Å². The van der Waals surface area contributed by atoms with Crippen LogP contribution in [0.25, 0.3) is 11.3 Å². The van der Waals surface area contributed by atoms with Gasteiger partial charge in [0.2, 0.25) is 0 Å². The Balaban J connectivity index is 0.000000514. The molecule has 0 fully saturated rings. The molecule has 0 radical (unpaired) electrons. The molecule has 2 heterocycles. The van der Waals surface area contributed by atoms with Gasteiger partial charge in [-0.2, -0.15) is 0 Å². The lowest BCUT2D eigenvalue weighted by molar-refractivity contribution is 0.756. The van der Waals surface area contributed by atoms with Crippen LogP contribution < -0.4 is 0 Å². The van der Waals surface area contributed by atoms with Crippen LogP contribution in [0.1, 0.15) is 31.7 Å². The molecule has 0 aliphatic carbocycles. The van der Waals surface area contributed by atoms with Gasteiger partial charge in [-0.25, -0.2) is 4.98 Å². The first-order chi connectivity index (χ1) is 8.34. The zero-order chi connectivity index (χ0) is 12.3. The average molecular weight is 228 g/mol. The van der Waals surface area contributed by atoms with Crippen molar-refractivity contribution in [2.24, 2.45) is 0 Å². The van der Waals surface area contributed by atoms with Crippen LogP contribution in [0.2, 0.25) is 0 Å². The number of hydrogen-bond donors (Lipinski definition) is 0. The minimum Gasteiger partial charge on any atom is -0.328 e. The van der Waals surface area contributed by atoms with Gasteiger partial charge in [0, 0.05) is 18.5 Å². The summed E-state index contributed by atoms with van der Waals surface area (Å²) in [6, 6.07) is 8.63. The van der Waals surface area contributed by atoms with E-state index in [0.717, 1.165) is 13.0 Å². The average Bonchev–Trinajstić information content (AvgIpc) is 2.93. The summed E-state index contributed by atoms with van der Waals surface area (Å²) in [5.74, 6) is 1.24. The molecule has 0 saturated heterocycles. The Morgan fingerprint density at radius 3 is 2.82 bits per heavy atom. The molecule has 0 spiro atoms. The van der Waals surface area contributed by atoms with Crippen LogP contribution in [0.15, 0.2) is 30.5 Å². The Kier molecular flexibility index (Phi) is 3.62. The molecule has 0 bridgehead atoms. The third-order valence-electron chi connectivity index (χ3n) is 3.03. The van der Waals surface area contributed by atoms with Crippen molar-refractivity contribution in [3.63, 3.8) is 0 Å². The summed E-state index contributed by atoms with van der Waals surface area (Å²) >= 11 is 0. The Morgan fingerprint density at radius 1 is 1.24 bits per heavy atom. The van der Waals surface area contributed by atoms with Crippen molar-refractivity contribution >= 4 is 0 Å². The SMILES string of the molecule is CC.Cc1cccc(-c2cnc3n2CCC3)c1. The van der Waals surface area contributed by atoms with Crippen LogP contribution in [0.4, 0.5) is 0 Å². The maximum atomic E-state index is 4.47. The molecule has 3 rings (SSSR count). The van der Waals surface area contributed by atoms with Gasteiger partial charge < -0.3 is 4.57 Å². The molecule has 2 nitrogen and oxygen atoms in total. The first-order valence-electron chi connectivity index (χ1n) is 6.46. The van der Waals surface area contributed by atoms with Crippen LogP contribution in [-0.4, -0.2) is 9.55 Å². The van der Waals surface area contributed by atoms with E-state index < -0.39 is 0 Å². The van der Waals surface area contributed by atoms with Crippen LogP contribution in [0.3, 0.4) is 0 Å². The summed E-state index contributed by atoms with van der Waals surface area (Å²) in [5.41, 5.74) is 3.86. The molecule has 1 aromatic carbocycles. The molecule has 1 aliphatic heterocycles. The normalized spacial score (nSPS) is 12.9. The number of fused-ring (bicyclic) bond motifs is 1. The van der Waals surface area contributed by atoms with Gasteiger partial charge in [0.05, 0.1) is 11.9 Å². The smallest absolute Gasteiger partial charge is 0.109 e. The Bertz CT molecular complexity index is 497. The lowest BCUT2D eigenvalue weighted by Crippen LogP contribution is -1.95. The van der Waals surface area contributed by atoms with Crippen LogP contribution >= 0.6 is 0 Å². The van der Waals surface area contributed by atoms with Crippen molar-refractivity contribution in [1.82, 2.24) is 9.55 Å². The molecule has 1 aromatic heterocycles. The minimum absolute atomic E-state index is 1.12. The molecule has 0 saturated carbocycles. The number of aryl methyl sites for hydroxylation is 2. The van der Waals surface area contributed by atoms with Crippen molar-refractivity contribution in [3.8, 4) is 11.3 Å². The summed E-state index contributed by atoms with van der Waals surface area (Å²) < 4.78 is 2.34. The fourth-order valence-corrected chi connectivity index (χ4v) is 2.29. The van der Waals surface area contributed by atoms with Crippen LogP contribution in [-0.2, 0) is 13.0 Å². The van der Waals surface area contributed by atoms with E-state index in [2.05, 4.69) is 40.7 Å². The first kappa shape index (κ1) is 11.9. The van der Waals surface area contributed by atoms with Crippen LogP contribution in [0, 0.1) is 6.92 Å². The number of imidazole rings is 1. The number of hydrogen-bond acceptors (Lipinski definition) is 1. The maximum absolute atomic E-state index is 4.47. The first-order valence-corrected chi connectivity index (χ1v) is 6.46. The molecule has 0 unspecified atom stereocenters. The fraction of sp³-hybridized carbons (Fsp3) is 0.400. The Morgan fingerprint density at radius 2 is 2.06 bits per heavy atom. The molecule has 90 valence electrons. The molecular weight excluding hydrogens is 208 g/mol. The second kappa shape index (κ2) is 5.17. The molecular formula is C15H20N2. The highest BCUT2D eigenvalue weighted by molar-refractivity contribution is 5.60. The Labute approximate surface area is 103 Å². The topological polar surface area (TPSA) is 17.8 Å². The second-order valence-corrected chi connectivity index (χ2v) is 4.18. The number of rotatable bonds is 1. The highest BCUT2D eigenvalue weighted by atomic mass is 15.1. The van der Waals surface area contributed by atoms with Crippen molar-refractivity contribution in [2.45, 2.75) is 40.2 Å². The lowest BCUT2D eigenvalue weighted by Gasteiger charge is -2.05. The highest BCUT2D eigenvalue weighted by Crippen LogP contribution is 2.25. The molecule has 17 heavy (non-hydrogen) atoms. The van der Waals surface area contributed by atoms with Gasteiger partial charge in [-0.1, -0.05) is 37.6 Å². The predicted molar refractivity (Wildman–Crippen MR) is 72.1 cm³/mol. The zero-order valence-electron chi connectivity index (χ0n) is 10.9. The molecule has 1 aliphatic rings. The number of benzene rings is 1. The highest BCUT2D eigenvalue weighted by Gasteiger charge is 2.16. The van der Waals surface area contributed by atoms with Crippen molar-refractivity contribution in [2.75, 3.05) is 0 Å². The molecule has 0 atom stereocenters. The maximum Gasteiger partial charge on any atom is 0.109 e. The predicted octanol–water partition coefficient (Wildman–Crippen LogP) is 3.83. The fourth-order valence-electron chi connectivity index (χ4n) is 2.29. The van der Waals surface area contributed by atoms with E-state index in [9.17, 15) is 0 Å². The van der Waals surface area contributed by atoms with Gasteiger partial charge in [0.1, 0.15) is 5.82 Å². The van der Waals surface area contributed by atoms with Gasteiger partial charge >= 0.3 is 0 Å². The summed E-state index contributed by atoms with van der Waals surface area (Å²) in [7, 11) is 0. The van der Waals surface area contributed by atoms with Gasteiger partial charge in [-0.05, 0) is 19.4 Å². The summed E-state index contributed by atoms with van der Waals surface area (Å²) in [5, 5.41) is 0. The standard InChI is InChI=1S/C13H14N2.C2H6/c1-10-4-2-5-11(8-10)12-9-14-13-6-3-7-15(12)13;1-2/h2,4-5,8-9H,3,6-7H2,1H3;1-2H3. The zero-order valence-corrected chi connectivity index (χ0v) is 10.9. The number of aromatic nitrogens is 2. The largest absolute Gasteiger partial charge is 0.328 e. The van der Waals surface area contributed by atoms with Gasteiger partial charge in [0.15, 0.2) is 0 Å². The third kappa shape index (κ3) is 2.26. The van der Waals surface area contributed by atoms with E-state index in [1.165, 1.54) is 29.1 Å². The van der Waals surface area contributed by atoms with E-state index in [1.54, 1.807) is 0 Å². The third-order valence-corrected chi connectivity index (χ3v) is 3.03. The van der Waals surface area contributed by atoms with Crippen molar-refractivity contribution in [3.05, 3.63) is 41.9 Å². The van der Waals surface area contributed by atoms with Gasteiger partial charge in [-0.3, -0.25) is 0 Å². The molecule has 2 heteroatoms. The van der Waals surface area contributed by atoms with E-state index in [0.29, 0.717) is 0 Å². The quantitative estimate of drug-likeness (QED) is 0.725. The van der Waals surface area contributed by atoms with E-state index in [4.69, 9.17) is 0 Å². The van der Waals surface area contributed by atoms with Crippen LogP contribution in [0.5, 0.6) is 0 Å². The summed E-state index contributed by atoms with van der Waals surface area (Å²) in [6.07, 6.45) is 4.37. The molecule has 2 aromatic rings. The van der Waals surface area contributed by atoms with E-state index in [-0.39, 0.29) is 0 Å². The molecule has 0 N–H and O–H groups in total. The van der Waals surface area contributed by atoms with E-state index >= 15 is 0 Å². The van der Waals surface area contributed by atoms with Crippen molar-refractivity contribution < 1.29 is 0 Å². The monoisotopic (exact) mass is 228 g/mol. The van der Waals surface area contributed by atoms with Gasteiger partial charge in [0.25, 0.3) is 0 Å². The lowest BCUT2D eigenvalue weighted by atomic mass is 10.1. The number of nitrogens with zero attached hydrogens (tertiary/aromatic N) is 2. The Hall–Kier alpha value is -1.57. The summed E-state index contributed by atoms with van der Waals surface area (Å²) in [4.78, 5) is 4.47. The van der Waals surface area contributed by atoms with Gasteiger partial charge in [-0.15, -0.1) is 0 Å². The second-order valence-electron chi connectivity index (χ2n) is 4.18.